The first-order valence-corrected chi connectivity index (χ1v) is 9.51. The highest BCUT2D eigenvalue weighted by atomic mass is 16.7. The van der Waals surface area contributed by atoms with E-state index in [1.807, 2.05) is 19.9 Å². The van der Waals surface area contributed by atoms with Crippen molar-refractivity contribution in [2.24, 2.45) is 5.92 Å². The van der Waals surface area contributed by atoms with E-state index in [-0.39, 0.29) is 17.5 Å². The molecule has 1 aromatic heterocycles. The Morgan fingerprint density at radius 3 is 2.63 bits per heavy atom. The molecule has 0 bridgehead atoms. The molecule has 0 radical (unpaired) electrons. The zero-order chi connectivity index (χ0) is 19.8. The van der Waals surface area contributed by atoms with Crippen LogP contribution < -0.4 is 9.47 Å². The number of pyridine rings is 1. The Bertz CT molecular complexity index is 743. The average Bonchev–Trinajstić information content (AvgIpc) is 2.63. The minimum absolute atomic E-state index is 0.0197. The lowest BCUT2D eigenvalue weighted by atomic mass is 9.98. The fraction of sp³-hybridized carbons (Fsp3) is 0.455. The third kappa shape index (κ3) is 5.98. The first-order valence-electron chi connectivity index (χ1n) is 9.51. The molecule has 0 aliphatic rings. The molecule has 0 amide bonds. The topological polar surface area (TPSA) is 68.7 Å². The van der Waals surface area contributed by atoms with Crippen LogP contribution in [0.1, 0.15) is 62.4 Å². The van der Waals surface area contributed by atoms with E-state index in [9.17, 15) is 9.90 Å². The van der Waals surface area contributed by atoms with Crippen LogP contribution in [0, 0.1) is 12.8 Å². The Morgan fingerprint density at radius 1 is 1.22 bits per heavy atom. The van der Waals surface area contributed by atoms with Gasteiger partial charge in [0.05, 0.1) is 11.8 Å². The number of rotatable bonds is 10. The van der Waals surface area contributed by atoms with Gasteiger partial charge in [0, 0.05) is 24.6 Å². The fourth-order valence-corrected chi connectivity index (χ4v) is 2.74. The van der Waals surface area contributed by atoms with Crippen molar-refractivity contribution in [1.29, 1.82) is 0 Å². The van der Waals surface area contributed by atoms with Gasteiger partial charge in [-0.15, -0.1) is 0 Å². The van der Waals surface area contributed by atoms with Gasteiger partial charge in [0.1, 0.15) is 17.2 Å². The lowest BCUT2D eigenvalue weighted by Gasteiger charge is -2.22. The highest BCUT2D eigenvalue weighted by Crippen LogP contribution is 2.33. The lowest BCUT2D eigenvalue weighted by molar-refractivity contribution is -0.00300. The van der Waals surface area contributed by atoms with E-state index in [2.05, 4.69) is 11.9 Å². The van der Waals surface area contributed by atoms with Crippen molar-refractivity contribution in [1.82, 2.24) is 4.98 Å². The standard InChI is InChI=1S/C22H29NO4/c1-5-6-9-21(26-17-8-7-12-23-14-17)27-20-11-10-18(22(25)16(20)4)19(24)13-15(2)3/h7-8,10-12,14-15,21,25H,5-6,9,13H2,1-4H3. The molecule has 0 fully saturated rings. The van der Waals surface area contributed by atoms with Crippen LogP contribution in [-0.2, 0) is 0 Å². The van der Waals surface area contributed by atoms with Crippen LogP contribution in [0.3, 0.4) is 0 Å². The van der Waals surface area contributed by atoms with Crippen LogP contribution in [0.4, 0.5) is 0 Å². The number of ether oxygens (including phenoxy) is 2. The van der Waals surface area contributed by atoms with Crippen LogP contribution in [-0.4, -0.2) is 22.2 Å². The van der Waals surface area contributed by atoms with E-state index in [1.165, 1.54) is 0 Å². The Balaban J connectivity index is 2.19. The summed E-state index contributed by atoms with van der Waals surface area (Å²) < 4.78 is 11.9. The van der Waals surface area contributed by atoms with Gasteiger partial charge in [0.2, 0.25) is 6.29 Å². The highest BCUT2D eigenvalue weighted by molar-refractivity contribution is 5.99. The average molecular weight is 371 g/mol. The second-order valence-electron chi connectivity index (χ2n) is 7.10. The maximum Gasteiger partial charge on any atom is 0.241 e. The number of benzene rings is 1. The van der Waals surface area contributed by atoms with Gasteiger partial charge in [-0.2, -0.15) is 0 Å². The summed E-state index contributed by atoms with van der Waals surface area (Å²) in [6.45, 7) is 7.81. The predicted octanol–water partition coefficient (Wildman–Crippen LogP) is 5.30. The Labute approximate surface area is 161 Å². The Morgan fingerprint density at radius 2 is 2.00 bits per heavy atom. The summed E-state index contributed by atoms with van der Waals surface area (Å²) in [6, 6.07) is 6.99. The molecule has 1 N–H and O–H groups in total. The van der Waals surface area contributed by atoms with Crippen molar-refractivity contribution in [2.75, 3.05) is 0 Å². The zero-order valence-electron chi connectivity index (χ0n) is 16.6. The van der Waals surface area contributed by atoms with E-state index in [4.69, 9.17) is 9.47 Å². The van der Waals surface area contributed by atoms with E-state index < -0.39 is 6.29 Å². The van der Waals surface area contributed by atoms with Gasteiger partial charge < -0.3 is 14.6 Å². The number of aromatic nitrogens is 1. The molecule has 1 atom stereocenters. The summed E-state index contributed by atoms with van der Waals surface area (Å²) in [5.41, 5.74) is 0.882. The van der Waals surface area contributed by atoms with E-state index in [0.29, 0.717) is 35.5 Å². The van der Waals surface area contributed by atoms with E-state index >= 15 is 0 Å². The summed E-state index contributed by atoms with van der Waals surface area (Å²) in [6.07, 6.45) is 5.90. The number of aromatic hydroxyl groups is 1. The summed E-state index contributed by atoms with van der Waals surface area (Å²) in [4.78, 5) is 16.4. The number of nitrogens with zero attached hydrogens (tertiary/aromatic N) is 1. The number of hydrogen-bond donors (Lipinski definition) is 1. The maximum absolute atomic E-state index is 12.3. The zero-order valence-corrected chi connectivity index (χ0v) is 16.6. The largest absolute Gasteiger partial charge is 0.507 e. The second-order valence-corrected chi connectivity index (χ2v) is 7.10. The number of unbranched alkanes of at least 4 members (excludes halogenated alkanes) is 1. The van der Waals surface area contributed by atoms with E-state index in [1.54, 1.807) is 37.5 Å². The van der Waals surface area contributed by atoms with Gasteiger partial charge in [0.15, 0.2) is 5.78 Å². The molecule has 2 rings (SSSR count). The fourth-order valence-electron chi connectivity index (χ4n) is 2.74. The third-order valence-electron chi connectivity index (χ3n) is 4.23. The van der Waals surface area contributed by atoms with Crippen LogP contribution in [0.15, 0.2) is 36.7 Å². The minimum Gasteiger partial charge on any atom is -0.507 e. The number of phenolic OH excluding ortho intramolecular Hbond substituents is 1. The number of Topliss-reactive ketones (excluding diaryl/α,β-unsaturated/α-hetero) is 1. The summed E-state index contributed by atoms with van der Waals surface area (Å²) in [7, 11) is 0. The van der Waals surface area contributed by atoms with Gasteiger partial charge in [-0.1, -0.05) is 27.2 Å². The van der Waals surface area contributed by atoms with Gasteiger partial charge in [-0.25, -0.2) is 0 Å². The van der Waals surface area contributed by atoms with Gasteiger partial charge in [-0.3, -0.25) is 9.78 Å². The number of phenols is 1. The SMILES string of the molecule is CCCCC(Oc1cccnc1)Oc1ccc(C(=O)CC(C)C)c(O)c1C. The number of ketones is 1. The first kappa shape index (κ1) is 20.7. The molecule has 0 aliphatic heterocycles. The van der Waals surface area contributed by atoms with Crippen molar-refractivity contribution in [2.45, 2.75) is 59.7 Å². The molecule has 1 heterocycles. The molecular weight excluding hydrogens is 342 g/mol. The van der Waals surface area contributed by atoms with Crippen LogP contribution in [0.2, 0.25) is 0 Å². The number of carbonyl (C=O) groups excluding carboxylic acids is 1. The molecule has 5 heteroatoms. The molecule has 0 spiro atoms. The monoisotopic (exact) mass is 371 g/mol. The molecular formula is C22H29NO4. The molecule has 1 aromatic carbocycles. The van der Waals surface area contributed by atoms with Gasteiger partial charge >= 0.3 is 0 Å². The summed E-state index contributed by atoms with van der Waals surface area (Å²) >= 11 is 0. The van der Waals surface area contributed by atoms with Crippen LogP contribution in [0.5, 0.6) is 17.2 Å². The van der Waals surface area contributed by atoms with E-state index in [0.717, 1.165) is 12.8 Å². The van der Waals surface area contributed by atoms with Crippen molar-refractivity contribution in [3.63, 3.8) is 0 Å². The molecule has 0 saturated carbocycles. The van der Waals surface area contributed by atoms with Crippen LogP contribution >= 0.6 is 0 Å². The van der Waals surface area contributed by atoms with Crippen molar-refractivity contribution in [3.05, 3.63) is 47.8 Å². The van der Waals surface area contributed by atoms with Crippen molar-refractivity contribution >= 4 is 5.78 Å². The summed E-state index contributed by atoms with van der Waals surface area (Å²) in [5, 5.41) is 10.5. The summed E-state index contributed by atoms with van der Waals surface area (Å²) in [5.74, 6) is 1.29. The molecule has 0 saturated heterocycles. The van der Waals surface area contributed by atoms with Gasteiger partial charge in [-0.05, 0) is 43.5 Å². The quantitative estimate of drug-likeness (QED) is 0.453. The normalized spacial score (nSPS) is 12.0. The molecule has 2 aromatic rings. The van der Waals surface area contributed by atoms with Crippen LogP contribution in [0.25, 0.3) is 0 Å². The number of carbonyl (C=O) groups is 1. The van der Waals surface area contributed by atoms with Crippen molar-refractivity contribution < 1.29 is 19.4 Å². The molecule has 27 heavy (non-hydrogen) atoms. The Hall–Kier alpha value is -2.56. The Kier molecular flexibility index (Phi) is 7.65. The molecule has 0 aliphatic carbocycles. The highest BCUT2D eigenvalue weighted by Gasteiger charge is 2.20. The first-order chi connectivity index (χ1) is 12.9. The molecule has 5 nitrogen and oxygen atoms in total. The smallest absolute Gasteiger partial charge is 0.241 e. The number of hydrogen-bond acceptors (Lipinski definition) is 5. The third-order valence-corrected chi connectivity index (χ3v) is 4.23. The maximum atomic E-state index is 12.3. The lowest BCUT2D eigenvalue weighted by Crippen LogP contribution is -2.24. The van der Waals surface area contributed by atoms with Gasteiger partial charge in [0.25, 0.3) is 0 Å². The van der Waals surface area contributed by atoms with Crippen molar-refractivity contribution in [3.8, 4) is 17.2 Å². The predicted molar refractivity (Wildman–Crippen MR) is 105 cm³/mol. The minimum atomic E-state index is -0.496. The second kappa shape index (κ2) is 9.95. The molecule has 146 valence electrons. The molecule has 1 unspecified atom stereocenters.